The molecule has 0 nitrogen and oxygen atoms in total. The summed E-state index contributed by atoms with van der Waals surface area (Å²) in [7, 11) is 0. The van der Waals surface area contributed by atoms with Crippen LogP contribution in [0.2, 0.25) is 0 Å². The highest BCUT2D eigenvalue weighted by molar-refractivity contribution is 5.33. The molecule has 0 atom stereocenters. The molecule has 0 radical (unpaired) electrons. The fraction of sp³-hybridized carbons (Fsp3) is 0.500. The quantitative estimate of drug-likeness (QED) is 0.485. The van der Waals surface area contributed by atoms with Crippen molar-refractivity contribution in [3.63, 3.8) is 0 Å². The molecular formula is C16H22. The summed E-state index contributed by atoms with van der Waals surface area (Å²) in [5.74, 6) is 2.69. The number of unbranched alkanes of at least 4 members (excludes halogenated alkanes) is 4. The van der Waals surface area contributed by atoms with Gasteiger partial charge in [0, 0.05) is 6.42 Å². The lowest BCUT2D eigenvalue weighted by molar-refractivity contribution is 0.648. The third-order valence-corrected chi connectivity index (χ3v) is 3.14. The summed E-state index contributed by atoms with van der Waals surface area (Å²) in [6.07, 6.45) is 12.4. The van der Waals surface area contributed by atoms with Gasteiger partial charge in [0.15, 0.2) is 0 Å². The molecule has 0 unspecified atom stereocenters. The van der Waals surface area contributed by atoms with E-state index in [1.165, 1.54) is 43.2 Å². The normalized spacial score (nSPS) is 10.1. The summed E-state index contributed by atoms with van der Waals surface area (Å²) >= 11 is 0. The van der Waals surface area contributed by atoms with Gasteiger partial charge in [-0.3, -0.25) is 0 Å². The zero-order valence-electron chi connectivity index (χ0n) is 10.6. The van der Waals surface area contributed by atoms with Gasteiger partial charge in [-0.1, -0.05) is 31.0 Å². The van der Waals surface area contributed by atoms with E-state index in [2.05, 4.69) is 38.0 Å². The van der Waals surface area contributed by atoms with E-state index >= 15 is 0 Å². The molecule has 0 fully saturated rings. The van der Waals surface area contributed by atoms with E-state index in [4.69, 9.17) is 6.42 Å². The van der Waals surface area contributed by atoms with E-state index < -0.39 is 0 Å². The molecule has 0 amide bonds. The Kier molecular flexibility index (Phi) is 5.72. The van der Waals surface area contributed by atoms with Crippen molar-refractivity contribution in [2.75, 3.05) is 0 Å². The highest BCUT2D eigenvalue weighted by atomic mass is 14.1. The maximum absolute atomic E-state index is 5.22. The van der Waals surface area contributed by atoms with Crippen LogP contribution in [0.15, 0.2) is 18.2 Å². The van der Waals surface area contributed by atoms with Gasteiger partial charge in [-0.15, -0.1) is 12.3 Å². The molecular weight excluding hydrogens is 192 g/mol. The van der Waals surface area contributed by atoms with E-state index in [1.807, 2.05) is 0 Å². The minimum absolute atomic E-state index is 0.934. The highest BCUT2D eigenvalue weighted by Crippen LogP contribution is 2.16. The van der Waals surface area contributed by atoms with Crippen LogP contribution in [-0.4, -0.2) is 0 Å². The Morgan fingerprint density at radius 1 is 1.00 bits per heavy atom. The van der Waals surface area contributed by atoms with E-state index in [0.717, 1.165) is 6.42 Å². The fourth-order valence-corrected chi connectivity index (χ4v) is 2.13. The van der Waals surface area contributed by atoms with Crippen LogP contribution in [0, 0.1) is 26.2 Å². The van der Waals surface area contributed by atoms with Crippen LogP contribution in [0.5, 0.6) is 0 Å². The van der Waals surface area contributed by atoms with Gasteiger partial charge in [0.2, 0.25) is 0 Å². The smallest absolute Gasteiger partial charge is 0.00860 e. The topological polar surface area (TPSA) is 0 Å². The van der Waals surface area contributed by atoms with Gasteiger partial charge in [-0.25, -0.2) is 0 Å². The second-order valence-electron chi connectivity index (χ2n) is 4.49. The van der Waals surface area contributed by atoms with Gasteiger partial charge in [-0.05, 0) is 49.8 Å². The Balaban J connectivity index is 2.30. The molecule has 1 aromatic rings. The van der Waals surface area contributed by atoms with Gasteiger partial charge in [-0.2, -0.15) is 0 Å². The van der Waals surface area contributed by atoms with Crippen LogP contribution in [0.3, 0.4) is 0 Å². The molecule has 0 heterocycles. The first kappa shape index (κ1) is 12.8. The van der Waals surface area contributed by atoms with Crippen LogP contribution in [0.25, 0.3) is 0 Å². The van der Waals surface area contributed by atoms with Crippen molar-refractivity contribution in [3.8, 4) is 12.3 Å². The van der Waals surface area contributed by atoms with Crippen LogP contribution in [0.1, 0.15) is 48.8 Å². The average Bonchev–Trinajstić information content (AvgIpc) is 2.26. The van der Waals surface area contributed by atoms with Crippen molar-refractivity contribution in [2.45, 2.75) is 52.4 Å². The van der Waals surface area contributed by atoms with Gasteiger partial charge in [0.05, 0.1) is 0 Å². The van der Waals surface area contributed by atoms with E-state index in [9.17, 15) is 0 Å². The Bertz CT molecular complexity index is 335. The second-order valence-corrected chi connectivity index (χ2v) is 4.49. The van der Waals surface area contributed by atoms with Crippen molar-refractivity contribution >= 4 is 0 Å². The third kappa shape index (κ3) is 4.11. The summed E-state index contributed by atoms with van der Waals surface area (Å²) in [5, 5.41) is 0. The molecule has 0 heteroatoms. The van der Waals surface area contributed by atoms with Gasteiger partial charge in [0.25, 0.3) is 0 Å². The Morgan fingerprint density at radius 2 is 1.62 bits per heavy atom. The van der Waals surface area contributed by atoms with Crippen molar-refractivity contribution in [2.24, 2.45) is 0 Å². The number of benzene rings is 1. The summed E-state index contributed by atoms with van der Waals surface area (Å²) in [4.78, 5) is 0. The third-order valence-electron chi connectivity index (χ3n) is 3.14. The van der Waals surface area contributed by atoms with Crippen LogP contribution in [0.4, 0.5) is 0 Å². The van der Waals surface area contributed by atoms with Gasteiger partial charge < -0.3 is 0 Å². The zero-order chi connectivity index (χ0) is 11.8. The van der Waals surface area contributed by atoms with Crippen LogP contribution >= 0.6 is 0 Å². The number of rotatable bonds is 6. The van der Waals surface area contributed by atoms with Crippen molar-refractivity contribution in [1.82, 2.24) is 0 Å². The van der Waals surface area contributed by atoms with Gasteiger partial charge in [0.1, 0.15) is 0 Å². The Hall–Kier alpha value is -1.22. The minimum Gasteiger partial charge on any atom is -0.120 e. The largest absolute Gasteiger partial charge is 0.120 e. The lowest BCUT2D eigenvalue weighted by Crippen LogP contribution is -1.93. The average molecular weight is 214 g/mol. The SMILES string of the molecule is C#CCCCCCCc1c(C)cccc1C. The molecule has 16 heavy (non-hydrogen) atoms. The zero-order valence-corrected chi connectivity index (χ0v) is 10.6. The summed E-state index contributed by atoms with van der Waals surface area (Å²) < 4.78 is 0. The summed E-state index contributed by atoms with van der Waals surface area (Å²) in [6.45, 7) is 4.42. The highest BCUT2D eigenvalue weighted by Gasteiger charge is 2.01. The molecule has 0 saturated carbocycles. The first-order chi connectivity index (χ1) is 7.75. The minimum atomic E-state index is 0.934. The molecule has 0 N–H and O–H groups in total. The molecule has 0 aliphatic rings. The van der Waals surface area contributed by atoms with Crippen molar-refractivity contribution in [3.05, 3.63) is 34.9 Å². The molecule has 0 aromatic heterocycles. The second kappa shape index (κ2) is 7.12. The van der Waals surface area contributed by atoms with Crippen molar-refractivity contribution < 1.29 is 0 Å². The molecule has 0 aliphatic carbocycles. The predicted molar refractivity (Wildman–Crippen MR) is 71.5 cm³/mol. The molecule has 0 saturated heterocycles. The van der Waals surface area contributed by atoms with E-state index in [1.54, 1.807) is 5.56 Å². The molecule has 0 aliphatic heterocycles. The summed E-state index contributed by atoms with van der Waals surface area (Å²) in [6, 6.07) is 6.56. The number of aryl methyl sites for hydroxylation is 2. The van der Waals surface area contributed by atoms with Gasteiger partial charge >= 0.3 is 0 Å². The van der Waals surface area contributed by atoms with E-state index in [-0.39, 0.29) is 0 Å². The van der Waals surface area contributed by atoms with E-state index in [0.29, 0.717) is 0 Å². The monoisotopic (exact) mass is 214 g/mol. The lowest BCUT2D eigenvalue weighted by atomic mass is 9.97. The molecule has 0 bridgehead atoms. The fourth-order valence-electron chi connectivity index (χ4n) is 2.13. The molecule has 86 valence electrons. The lowest BCUT2D eigenvalue weighted by Gasteiger charge is -2.09. The van der Waals surface area contributed by atoms with Crippen molar-refractivity contribution in [1.29, 1.82) is 0 Å². The first-order valence-electron chi connectivity index (χ1n) is 6.24. The Morgan fingerprint density at radius 3 is 2.25 bits per heavy atom. The maximum atomic E-state index is 5.22. The van der Waals surface area contributed by atoms with Crippen LogP contribution in [-0.2, 0) is 6.42 Å². The number of hydrogen-bond donors (Lipinski definition) is 0. The number of terminal acetylenes is 1. The maximum Gasteiger partial charge on any atom is 0.00860 e. The molecule has 1 rings (SSSR count). The first-order valence-corrected chi connectivity index (χ1v) is 6.24. The Labute approximate surface area is 100 Å². The molecule has 1 aromatic carbocycles. The standard InChI is InChI=1S/C16H22/c1-4-5-6-7-8-9-13-16-14(2)11-10-12-15(16)3/h1,10-12H,5-9,13H2,2-3H3. The number of hydrogen-bond acceptors (Lipinski definition) is 0. The van der Waals surface area contributed by atoms with Crippen LogP contribution < -0.4 is 0 Å². The summed E-state index contributed by atoms with van der Waals surface area (Å²) in [5.41, 5.74) is 4.41. The predicted octanol–water partition coefficient (Wildman–Crippen LogP) is 4.43. The molecule has 0 spiro atoms.